The van der Waals surface area contributed by atoms with Crippen molar-refractivity contribution in [2.75, 3.05) is 31.1 Å². The zero-order valence-corrected chi connectivity index (χ0v) is 16.2. The predicted molar refractivity (Wildman–Crippen MR) is 107 cm³/mol. The molecule has 3 aromatic rings. The Labute approximate surface area is 170 Å². The molecular formula is C21H18F3N3OS. The van der Waals surface area contributed by atoms with E-state index in [4.69, 9.17) is 0 Å². The first-order valence-electron chi connectivity index (χ1n) is 9.16. The van der Waals surface area contributed by atoms with Crippen molar-refractivity contribution < 1.29 is 18.0 Å². The first-order chi connectivity index (χ1) is 13.9. The minimum atomic E-state index is -4.68. The predicted octanol–water partition coefficient (Wildman–Crippen LogP) is 4.79. The average molecular weight is 417 g/mol. The van der Waals surface area contributed by atoms with Crippen molar-refractivity contribution in [1.82, 2.24) is 9.88 Å². The molecule has 1 amide bonds. The van der Waals surface area contributed by atoms with Crippen LogP contribution in [0.15, 0.2) is 60.7 Å². The van der Waals surface area contributed by atoms with Crippen molar-refractivity contribution in [3.63, 3.8) is 0 Å². The summed E-state index contributed by atoms with van der Waals surface area (Å²) >= 11 is 0.802. The maximum Gasteiger partial charge on any atom is 0.435 e. The zero-order valence-electron chi connectivity index (χ0n) is 15.4. The second-order valence-corrected chi connectivity index (χ2v) is 7.67. The molecule has 8 heteroatoms. The Kier molecular flexibility index (Phi) is 5.27. The number of alkyl halides is 3. The van der Waals surface area contributed by atoms with E-state index in [-0.39, 0.29) is 9.88 Å². The zero-order chi connectivity index (χ0) is 20.4. The third kappa shape index (κ3) is 4.12. The molecule has 0 radical (unpaired) electrons. The summed E-state index contributed by atoms with van der Waals surface area (Å²) < 4.78 is 40.7. The summed E-state index contributed by atoms with van der Waals surface area (Å²) in [5.74, 6) is -0.607. The number of carbonyl (C=O) groups is 1. The number of anilines is 1. The lowest BCUT2D eigenvalue weighted by atomic mass is 10.2. The molecule has 0 spiro atoms. The van der Waals surface area contributed by atoms with Crippen molar-refractivity contribution in [3.05, 3.63) is 71.2 Å². The number of nitrogens with zero attached hydrogens (tertiary/aromatic N) is 3. The molecule has 1 aliphatic heterocycles. The van der Waals surface area contributed by atoms with Crippen molar-refractivity contribution in [3.8, 4) is 10.6 Å². The maximum absolute atomic E-state index is 13.6. The van der Waals surface area contributed by atoms with Gasteiger partial charge in [-0.25, -0.2) is 4.98 Å². The summed E-state index contributed by atoms with van der Waals surface area (Å²) in [6.07, 6.45) is -4.68. The molecule has 150 valence electrons. The molecule has 4 nitrogen and oxygen atoms in total. The SMILES string of the molecule is O=C(c1sc(-c2ccccc2)nc1C(F)(F)F)N1CCN(c2ccccc2)CC1. The second kappa shape index (κ2) is 7.87. The van der Waals surface area contributed by atoms with E-state index < -0.39 is 17.8 Å². The van der Waals surface area contributed by atoms with Gasteiger partial charge in [-0.2, -0.15) is 13.2 Å². The fourth-order valence-corrected chi connectivity index (χ4v) is 4.37. The highest BCUT2D eigenvalue weighted by Gasteiger charge is 2.41. The smallest absolute Gasteiger partial charge is 0.368 e. The Hall–Kier alpha value is -2.87. The number of aromatic nitrogens is 1. The van der Waals surface area contributed by atoms with E-state index in [1.807, 2.05) is 30.3 Å². The van der Waals surface area contributed by atoms with E-state index >= 15 is 0 Å². The third-order valence-electron chi connectivity index (χ3n) is 4.80. The van der Waals surface area contributed by atoms with Crippen LogP contribution in [0.25, 0.3) is 10.6 Å². The number of hydrogen-bond donors (Lipinski definition) is 0. The average Bonchev–Trinajstić information content (AvgIpc) is 3.21. The lowest BCUT2D eigenvalue weighted by molar-refractivity contribution is -0.141. The van der Waals surface area contributed by atoms with Gasteiger partial charge in [0, 0.05) is 37.4 Å². The van der Waals surface area contributed by atoms with E-state index in [9.17, 15) is 18.0 Å². The van der Waals surface area contributed by atoms with Gasteiger partial charge in [0.25, 0.3) is 5.91 Å². The Morgan fingerprint density at radius 3 is 2.07 bits per heavy atom. The van der Waals surface area contributed by atoms with Crippen LogP contribution >= 0.6 is 11.3 Å². The summed E-state index contributed by atoms with van der Waals surface area (Å²) in [5.41, 5.74) is 0.507. The van der Waals surface area contributed by atoms with Gasteiger partial charge in [0.15, 0.2) is 5.69 Å². The van der Waals surface area contributed by atoms with Crippen LogP contribution in [0, 0.1) is 0 Å². The van der Waals surface area contributed by atoms with Crippen LogP contribution in [0.1, 0.15) is 15.4 Å². The molecule has 1 aliphatic rings. The fourth-order valence-electron chi connectivity index (χ4n) is 3.31. The molecule has 0 saturated carbocycles. The topological polar surface area (TPSA) is 36.4 Å². The van der Waals surface area contributed by atoms with Gasteiger partial charge in [0.05, 0.1) is 0 Å². The van der Waals surface area contributed by atoms with Crippen molar-refractivity contribution in [2.24, 2.45) is 0 Å². The van der Waals surface area contributed by atoms with Gasteiger partial charge in [-0.05, 0) is 12.1 Å². The number of halogens is 3. The van der Waals surface area contributed by atoms with E-state index in [1.54, 1.807) is 30.3 Å². The summed E-state index contributed by atoms with van der Waals surface area (Å²) in [6.45, 7) is 1.87. The van der Waals surface area contributed by atoms with Crippen LogP contribution < -0.4 is 4.90 Å². The molecular weight excluding hydrogens is 399 g/mol. The van der Waals surface area contributed by atoms with E-state index in [0.29, 0.717) is 31.7 Å². The first kappa shape index (κ1) is 19.4. The Bertz CT molecular complexity index is 981. The standard InChI is InChI=1S/C21H18F3N3OS/c22-21(23,24)18-17(29-19(25-18)15-7-3-1-4-8-15)20(28)27-13-11-26(12-14-27)16-9-5-2-6-10-16/h1-10H,11-14H2. The van der Waals surface area contributed by atoms with E-state index in [2.05, 4.69) is 9.88 Å². The lowest BCUT2D eigenvalue weighted by Gasteiger charge is -2.36. The van der Waals surface area contributed by atoms with Gasteiger partial charge in [0.2, 0.25) is 0 Å². The number of hydrogen-bond acceptors (Lipinski definition) is 4. The van der Waals surface area contributed by atoms with Gasteiger partial charge in [-0.1, -0.05) is 48.5 Å². The normalized spacial score (nSPS) is 14.9. The third-order valence-corrected chi connectivity index (χ3v) is 5.89. The van der Waals surface area contributed by atoms with Crippen LogP contribution in [-0.2, 0) is 6.18 Å². The van der Waals surface area contributed by atoms with Crippen LogP contribution in [0.3, 0.4) is 0 Å². The van der Waals surface area contributed by atoms with Crippen LogP contribution in [0.5, 0.6) is 0 Å². The number of rotatable bonds is 3. The number of para-hydroxylation sites is 1. The molecule has 0 atom stereocenters. The largest absolute Gasteiger partial charge is 0.435 e. The molecule has 0 unspecified atom stereocenters. The van der Waals surface area contributed by atoms with E-state index in [1.165, 1.54) is 4.90 Å². The minimum absolute atomic E-state index is 0.198. The number of piperazine rings is 1. The number of thiazole rings is 1. The molecule has 4 rings (SSSR count). The minimum Gasteiger partial charge on any atom is -0.368 e. The van der Waals surface area contributed by atoms with Gasteiger partial charge in [-0.3, -0.25) is 4.79 Å². The molecule has 1 fully saturated rings. The molecule has 1 aromatic heterocycles. The fraction of sp³-hybridized carbons (Fsp3) is 0.238. The highest BCUT2D eigenvalue weighted by atomic mass is 32.1. The highest BCUT2D eigenvalue weighted by Crippen LogP contribution is 2.38. The summed E-state index contributed by atoms with van der Waals surface area (Å²) in [7, 11) is 0. The Balaban J connectivity index is 1.56. The quantitative estimate of drug-likeness (QED) is 0.615. The monoisotopic (exact) mass is 417 g/mol. The highest BCUT2D eigenvalue weighted by molar-refractivity contribution is 7.17. The van der Waals surface area contributed by atoms with Crippen LogP contribution in [0.4, 0.5) is 18.9 Å². The van der Waals surface area contributed by atoms with Crippen molar-refractivity contribution in [2.45, 2.75) is 6.18 Å². The van der Waals surface area contributed by atoms with Crippen molar-refractivity contribution >= 4 is 22.9 Å². The van der Waals surface area contributed by atoms with E-state index in [0.717, 1.165) is 17.0 Å². The number of carbonyl (C=O) groups excluding carboxylic acids is 1. The molecule has 0 N–H and O–H groups in total. The molecule has 29 heavy (non-hydrogen) atoms. The molecule has 0 bridgehead atoms. The van der Waals surface area contributed by atoms with Gasteiger partial charge >= 0.3 is 6.18 Å². The van der Waals surface area contributed by atoms with Gasteiger partial charge in [-0.15, -0.1) is 11.3 Å². The summed E-state index contributed by atoms with van der Waals surface area (Å²) in [5, 5.41) is 0.198. The summed E-state index contributed by atoms with van der Waals surface area (Å²) in [4.78, 5) is 20.0. The molecule has 2 aromatic carbocycles. The molecule has 2 heterocycles. The second-order valence-electron chi connectivity index (χ2n) is 6.68. The Morgan fingerprint density at radius 1 is 0.897 bits per heavy atom. The maximum atomic E-state index is 13.6. The van der Waals surface area contributed by atoms with Crippen LogP contribution in [0.2, 0.25) is 0 Å². The molecule has 1 saturated heterocycles. The van der Waals surface area contributed by atoms with Gasteiger partial charge < -0.3 is 9.80 Å². The van der Waals surface area contributed by atoms with Crippen LogP contribution in [-0.4, -0.2) is 42.0 Å². The van der Waals surface area contributed by atoms with Gasteiger partial charge in [0.1, 0.15) is 9.88 Å². The number of amides is 1. The molecule has 0 aliphatic carbocycles. The summed E-state index contributed by atoms with van der Waals surface area (Å²) in [6, 6.07) is 18.4. The van der Waals surface area contributed by atoms with Crippen molar-refractivity contribution in [1.29, 1.82) is 0 Å². The number of benzene rings is 2. The first-order valence-corrected chi connectivity index (χ1v) is 9.98. The Morgan fingerprint density at radius 2 is 1.48 bits per heavy atom. The lowest BCUT2D eigenvalue weighted by Crippen LogP contribution is -2.48.